The standard InChI is InChI=1S/C18H18N4O/c1-10-6-8-12(9-7-10)22-18-15(11(2)21-22)17(19)16-13(20-18)4-3-5-14(16)23/h6-9H,3-5H2,1-2H3,(H2,19,20). The topological polar surface area (TPSA) is 73.8 Å². The summed E-state index contributed by atoms with van der Waals surface area (Å²) in [7, 11) is 0. The summed E-state index contributed by atoms with van der Waals surface area (Å²) in [5, 5.41) is 5.40. The first-order valence-corrected chi connectivity index (χ1v) is 7.84. The predicted octanol–water partition coefficient (Wildman–Crippen LogP) is 3.14. The molecule has 0 amide bonds. The van der Waals surface area contributed by atoms with Crippen molar-refractivity contribution in [2.75, 3.05) is 5.73 Å². The van der Waals surface area contributed by atoms with E-state index >= 15 is 0 Å². The van der Waals surface area contributed by atoms with Gasteiger partial charge in [0.05, 0.1) is 33.7 Å². The molecular formula is C18H18N4O. The molecule has 23 heavy (non-hydrogen) atoms. The van der Waals surface area contributed by atoms with Gasteiger partial charge >= 0.3 is 0 Å². The molecule has 0 bridgehead atoms. The van der Waals surface area contributed by atoms with E-state index in [0.717, 1.165) is 41.0 Å². The fourth-order valence-electron chi connectivity index (χ4n) is 3.30. The molecule has 0 atom stereocenters. The first-order valence-electron chi connectivity index (χ1n) is 7.84. The Kier molecular flexibility index (Phi) is 2.98. The van der Waals surface area contributed by atoms with E-state index in [1.807, 2.05) is 35.9 Å². The Hall–Kier alpha value is -2.69. The van der Waals surface area contributed by atoms with Crippen LogP contribution in [0.2, 0.25) is 0 Å². The molecule has 116 valence electrons. The lowest BCUT2D eigenvalue weighted by molar-refractivity contribution is 0.0972. The minimum atomic E-state index is 0.0978. The number of hydrogen-bond donors (Lipinski definition) is 1. The summed E-state index contributed by atoms with van der Waals surface area (Å²) >= 11 is 0. The van der Waals surface area contributed by atoms with E-state index in [1.54, 1.807) is 0 Å². The second-order valence-corrected chi connectivity index (χ2v) is 6.16. The number of rotatable bonds is 1. The third-order valence-electron chi connectivity index (χ3n) is 4.48. The van der Waals surface area contributed by atoms with Gasteiger partial charge in [-0.25, -0.2) is 9.67 Å². The van der Waals surface area contributed by atoms with E-state index in [4.69, 9.17) is 10.7 Å². The Labute approximate surface area is 134 Å². The van der Waals surface area contributed by atoms with Gasteiger partial charge in [-0.1, -0.05) is 17.7 Å². The molecule has 2 N–H and O–H groups in total. The summed E-state index contributed by atoms with van der Waals surface area (Å²) in [6.07, 6.45) is 2.18. The average molecular weight is 306 g/mol. The first-order chi connectivity index (χ1) is 11.1. The zero-order valence-electron chi connectivity index (χ0n) is 13.3. The first kappa shape index (κ1) is 13.9. The fraction of sp³-hybridized carbons (Fsp3) is 0.278. The van der Waals surface area contributed by atoms with Gasteiger partial charge in [0, 0.05) is 6.42 Å². The van der Waals surface area contributed by atoms with Crippen LogP contribution in [-0.4, -0.2) is 20.5 Å². The number of Topliss-reactive ketones (excluding diaryl/α,β-unsaturated/α-hetero) is 1. The maximum atomic E-state index is 12.2. The second kappa shape index (κ2) is 4.91. The van der Waals surface area contributed by atoms with Crippen LogP contribution in [0.4, 0.5) is 5.69 Å². The lowest BCUT2D eigenvalue weighted by Gasteiger charge is -2.16. The summed E-state index contributed by atoms with van der Waals surface area (Å²) in [6.45, 7) is 3.96. The van der Waals surface area contributed by atoms with Crippen molar-refractivity contribution in [1.29, 1.82) is 0 Å². The molecule has 0 fully saturated rings. The zero-order chi connectivity index (χ0) is 16.1. The molecule has 1 aliphatic rings. The molecule has 2 heterocycles. The number of ketones is 1. The van der Waals surface area contributed by atoms with Crippen LogP contribution in [-0.2, 0) is 6.42 Å². The van der Waals surface area contributed by atoms with Crippen molar-refractivity contribution in [2.24, 2.45) is 0 Å². The second-order valence-electron chi connectivity index (χ2n) is 6.16. The molecule has 2 aromatic heterocycles. The van der Waals surface area contributed by atoms with Crippen LogP contribution >= 0.6 is 0 Å². The molecule has 0 saturated carbocycles. The number of benzene rings is 1. The lowest BCUT2D eigenvalue weighted by atomic mass is 9.92. The Morgan fingerprint density at radius 1 is 1.13 bits per heavy atom. The number of aryl methyl sites for hydroxylation is 3. The number of nitrogens with two attached hydrogens (primary N) is 1. The molecule has 5 heteroatoms. The molecule has 0 aliphatic heterocycles. The summed E-state index contributed by atoms with van der Waals surface area (Å²) < 4.78 is 1.82. The molecular weight excluding hydrogens is 288 g/mol. The Bertz CT molecular complexity index is 938. The number of carbonyl (C=O) groups excluding carboxylic acids is 1. The van der Waals surface area contributed by atoms with E-state index < -0.39 is 0 Å². The minimum Gasteiger partial charge on any atom is -0.397 e. The van der Waals surface area contributed by atoms with Crippen molar-refractivity contribution in [3.8, 4) is 5.69 Å². The summed E-state index contributed by atoms with van der Waals surface area (Å²) in [5.41, 5.74) is 11.9. The fourth-order valence-corrected chi connectivity index (χ4v) is 3.30. The Morgan fingerprint density at radius 2 is 1.87 bits per heavy atom. The average Bonchev–Trinajstić information content (AvgIpc) is 2.85. The highest BCUT2D eigenvalue weighted by atomic mass is 16.1. The van der Waals surface area contributed by atoms with Gasteiger partial charge in [-0.05, 0) is 38.8 Å². The minimum absolute atomic E-state index is 0.0978. The number of carbonyl (C=O) groups is 1. The SMILES string of the molecule is Cc1ccc(-n2nc(C)c3c(N)c4c(nc32)CCCC4=O)cc1. The highest BCUT2D eigenvalue weighted by Gasteiger charge is 2.26. The summed E-state index contributed by atoms with van der Waals surface area (Å²) in [4.78, 5) is 17.0. The monoisotopic (exact) mass is 306 g/mol. The third-order valence-corrected chi connectivity index (χ3v) is 4.48. The lowest BCUT2D eigenvalue weighted by Crippen LogP contribution is -2.16. The van der Waals surface area contributed by atoms with Crippen LogP contribution in [0, 0.1) is 13.8 Å². The molecule has 4 rings (SSSR count). The van der Waals surface area contributed by atoms with Gasteiger partial charge < -0.3 is 5.73 Å². The van der Waals surface area contributed by atoms with Crippen molar-refractivity contribution in [1.82, 2.24) is 14.8 Å². The number of nitrogens with zero attached hydrogens (tertiary/aromatic N) is 3. The molecule has 0 unspecified atom stereocenters. The van der Waals surface area contributed by atoms with Crippen LogP contribution in [0.5, 0.6) is 0 Å². The largest absolute Gasteiger partial charge is 0.397 e. The number of anilines is 1. The molecule has 0 spiro atoms. The molecule has 5 nitrogen and oxygen atoms in total. The molecule has 1 aliphatic carbocycles. The van der Waals surface area contributed by atoms with Crippen LogP contribution in [0.1, 0.15) is 40.2 Å². The summed E-state index contributed by atoms with van der Waals surface area (Å²) in [5.74, 6) is 0.0978. The van der Waals surface area contributed by atoms with Crippen molar-refractivity contribution < 1.29 is 4.79 Å². The van der Waals surface area contributed by atoms with E-state index in [1.165, 1.54) is 5.56 Å². The maximum Gasteiger partial charge on any atom is 0.166 e. The van der Waals surface area contributed by atoms with E-state index in [9.17, 15) is 4.79 Å². The highest BCUT2D eigenvalue weighted by molar-refractivity contribution is 6.09. The van der Waals surface area contributed by atoms with Gasteiger partial charge in [0.2, 0.25) is 0 Å². The normalized spacial score (nSPS) is 14.3. The van der Waals surface area contributed by atoms with Gasteiger partial charge in [0.15, 0.2) is 11.4 Å². The highest BCUT2D eigenvalue weighted by Crippen LogP contribution is 2.33. The number of pyridine rings is 1. The van der Waals surface area contributed by atoms with Crippen molar-refractivity contribution in [2.45, 2.75) is 33.1 Å². The number of hydrogen-bond acceptors (Lipinski definition) is 4. The molecule has 1 aromatic carbocycles. The van der Waals surface area contributed by atoms with Gasteiger partial charge in [-0.3, -0.25) is 4.79 Å². The smallest absolute Gasteiger partial charge is 0.166 e. The molecule has 0 saturated heterocycles. The van der Waals surface area contributed by atoms with Crippen LogP contribution in [0.15, 0.2) is 24.3 Å². The zero-order valence-corrected chi connectivity index (χ0v) is 13.3. The predicted molar refractivity (Wildman–Crippen MR) is 90.0 cm³/mol. The van der Waals surface area contributed by atoms with Gasteiger partial charge in [-0.2, -0.15) is 5.10 Å². The van der Waals surface area contributed by atoms with Crippen molar-refractivity contribution in [3.05, 3.63) is 46.8 Å². The van der Waals surface area contributed by atoms with E-state index in [2.05, 4.69) is 12.0 Å². The molecule has 3 aromatic rings. The van der Waals surface area contributed by atoms with Crippen molar-refractivity contribution >= 4 is 22.5 Å². The van der Waals surface area contributed by atoms with Crippen LogP contribution < -0.4 is 5.73 Å². The van der Waals surface area contributed by atoms with E-state index in [-0.39, 0.29) is 5.78 Å². The summed E-state index contributed by atoms with van der Waals surface area (Å²) in [6, 6.07) is 8.13. The Balaban J connectivity index is 2.03. The molecule has 0 radical (unpaired) electrons. The van der Waals surface area contributed by atoms with Gasteiger partial charge in [0.1, 0.15) is 0 Å². The number of aromatic nitrogens is 3. The van der Waals surface area contributed by atoms with Crippen LogP contribution in [0.25, 0.3) is 16.7 Å². The van der Waals surface area contributed by atoms with Gasteiger partial charge in [-0.15, -0.1) is 0 Å². The van der Waals surface area contributed by atoms with Crippen LogP contribution in [0.3, 0.4) is 0 Å². The third kappa shape index (κ3) is 2.04. The van der Waals surface area contributed by atoms with E-state index in [0.29, 0.717) is 17.7 Å². The quantitative estimate of drug-likeness (QED) is 0.749. The Morgan fingerprint density at radius 3 is 2.61 bits per heavy atom. The van der Waals surface area contributed by atoms with Gasteiger partial charge in [0.25, 0.3) is 0 Å². The number of fused-ring (bicyclic) bond motifs is 2. The van der Waals surface area contributed by atoms with Crippen molar-refractivity contribution in [3.63, 3.8) is 0 Å². The number of nitrogen functional groups attached to an aromatic ring is 1. The maximum absolute atomic E-state index is 12.2.